The van der Waals surface area contributed by atoms with Crippen molar-refractivity contribution >= 4 is 46.4 Å². The second-order valence-corrected chi connectivity index (χ2v) is 36.8. The molecule has 2 fully saturated rings. The summed E-state index contributed by atoms with van der Waals surface area (Å²) in [5, 5.41) is 34.3. The summed E-state index contributed by atoms with van der Waals surface area (Å²) < 4.78 is 17.8. The molecule has 15 rings (SSSR count). The Labute approximate surface area is 725 Å². The van der Waals surface area contributed by atoms with Crippen LogP contribution in [0.1, 0.15) is 177 Å². The highest BCUT2D eigenvalue weighted by Gasteiger charge is 2.25. The molecule has 1 unspecified atom stereocenters. The molecule has 30 nitrogen and oxygen atoms in total. The number of aliphatic hydroxyl groups is 1. The average molecular weight is 1690 g/mol. The molecule has 0 amide bonds. The van der Waals surface area contributed by atoms with Crippen molar-refractivity contribution in [2.75, 3.05) is 120 Å². The number of benzene rings is 5. The highest BCUT2D eigenvalue weighted by molar-refractivity contribution is 5.65. The van der Waals surface area contributed by atoms with Gasteiger partial charge in [-0.3, -0.25) is 49.4 Å². The van der Waals surface area contributed by atoms with Crippen LogP contribution in [-0.4, -0.2) is 208 Å². The van der Waals surface area contributed by atoms with Gasteiger partial charge in [-0.1, -0.05) is 237 Å². The van der Waals surface area contributed by atoms with Gasteiger partial charge in [0, 0.05) is 112 Å². The number of hydrogen-bond acceptors (Lipinski definition) is 22. The van der Waals surface area contributed by atoms with Crippen molar-refractivity contribution < 1.29 is 14.6 Å². The first-order valence-corrected chi connectivity index (χ1v) is 43.6. The predicted molar refractivity (Wildman–Crippen MR) is 495 cm³/mol. The average Bonchev–Trinajstić information content (AvgIpc) is 1.64. The van der Waals surface area contributed by atoms with Gasteiger partial charge in [-0.25, -0.2) is 38.0 Å². The molecule has 0 spiro atoms. The molecule has 5 aromatic carbocycles. The molecule has 2 aliphatic heterocycles. The fraction of sp³-hybridized carbons (Fsp3) is 0.468. The van der Waals surface area contributed by atoms with E-state index in [2.05, 4.69) is 268 Å². The summed E-state index contributed by atoms with van der Waals surface area (Å²) in [6.45, 7) is 47.8. The van der Waals surface area contributed by atoms with Gasteiger partial charge < -0.3 is 40.7 Å². The van der Waals surface area contributed by atoms with E-state index in [1.165, 1.54) is 82.3 Å². The van der Waals surface area contributed by atoms with Gasteiger partial charge in [0.25, 0.3) is 22.2 Å². The monoisotopic (exact) mass is 1690 g/mol. The predicted octanol–water partition coefficient (Wildman–Crippen LogP) is 13.9. The molecule has 2 aliphatic rings. The topological polar surface area (TPSA) is 349 Å². The molecule has 0 bridgehead atoms. The molecular weight excluding hydrogens is 1560 g/mol. The third-order valence-corrected chi connectivity index (χ3v) is 21.8. The standard InChI is InChI=1S/C27H32N6O2.C26H40N6O.C21H28N6O2.C20H27N5O2/c1-27(2,3)21-11-9-20(10-12-21)25-29-23-15-24(34)31-33(23)26(30-25)28-16-22-18-32(13-14-35-22)17-19-7-5-4-6-8-19;1-6-8-16-31(17-9-7-2)18-10-15-27-25-29-24(28-22-19-23(33)30-32(22)25)20-11-13-21(14-12-20)26(3,4)5;1-21(2,3)16-6-4-15(5-7-16)19-23-17-14-18(28)25-27(17)20(24-19)22-8-9-26-10-12-29-13-11-26;1-19(2,3)14-8-6-13(7-9-14)17-22-15-12-16(26)24-25(15)18(23-17)21-11-10-20(4,5)27/h4-12,15,22H,13-14,16-18H2,1-3H3,(H,31,34)(H,28,29,30);11-14,19H,6-10,15-18H2,1-5H3,(H,30,33)(H,27,28,29);4-7,14H,8-13H2,1-3H3,(H,25,28)(H,22,23,24);6-9,12,27H,10-11H2,1-5H3,(H,24,26)(H,21,22,23). The molecule has 0 saturated carbocycles. The summed E-state index contributed by atoms with van der Waals surface area (Å²) in [6, 6.07) is 49.5. The zero-order valence-corrected chi connectivity index (χ0v) is 75.2. The quantitative estimate of drug-likeness (QED) is 0.0206. The minimum Gasteiger partial charge on any atom is -0.390 e. The number of rotatable bonds is 28. The number of fused-ring (bicyclic) bond motifs is 4. The Morgan fingerprint density at radius 1 is 0.411 bits per heavy atom. The van der Waals surface area contributed by atoms with Gasteiger partial charge in [0.15, 0.2) is 45.9 Å². The van der Waals surface area contributed by atoms with Crippen molar-refractivity contribution in [1.82, 2.24) is 93.0 Å². The second kappa shape index (κ2) is 40.9. The van der Waals surface area contributed by atoms with Gasteiger partial charge >= 0.3 is 0 Å². The number of nitrogens with one attached hydrogen (secondary N) is 8. The first kappa shape index (κ1) is 91.7. The van der Waals surface area contributed by atoms with Crippen LogP contribution in [0.4, 0.5) is 23.8 Å². The molecule has 13 aromatic rings. The van der Waals surface area contributed by atoms with Crippen molar-refractivity contribution in [2.45, 2.75) is 189 Å². The summed E-state index contributed by atoms with van der Waals surface area (Å²) in [5.41, 5.74) is 10.8. The largest absolute Gasteiger partial charge is 0.390 e. The molecule has 124 heavy (non-hydrogen) atoms. The van der Waals surface area contributed by atoms with Gasteiger partial charge in [-0.15, -0.1) is 0 Å². The van der Waals surface area contributed by atoms with Gasteiger partial charge in [0.05, 0.1) is 31.5 Å². The number of ether oxygens (including phenoxy) is 2. The summed E-state index contributed by atoms with van der Waals surface area (Å²) in [6.07, 6.45) is 6.49. The van der Waals surface area contributed by atoms with E-state index < -0.39 is 5.60 Å². The SMILES string of the molecule is CC(C)(C)c1ccc(-c2nc(NCC3CN(Cc4ccccc4)CCO3)n3[nH]c(=O)cc3n2)cc1.CC(C)(C)c1ccc(-c2nc(NCCN3CCOCC3)n3[nH]c(=O)cc3n2)cc1.CC(C)(O)CCNc1nc(-c2ccc(C(C)(C)C)cc2)nc2cc(=O)[nH]n12.CCCCN(CCCC)CCCNc1nc(-c2ccc(C(C)(C)C)cc2)nc2cc(=O)[nH]n12. The van der Waals surface area contributed by atoms with Crippen molar-refractivity contribution in [2.24, 2.45) is 0 Å². The molecule has 2 saturated heterocycles. The first-order valence-electron chi connectivity index (χ1n) is 43.6. The second-order valence-electron chi connectivity index (χ2n) is 36.8. The van der Waals surface area contributed by atoms with Crippen LogP contribution in [0.2, 0.25) is 0 Å². The Kier molecular flexibility index (Phi) is 30.2. The number of aromatic nitrogens is 16. The van der Waals surface area contributed by atoms with E-state index in [0.29, 0.717) is 102 Å². The molecule has 1 atom stereocenters. The van der Waals surface area contributed by atoms with Crippen LogP contribution in [0.25, 0.3) is 68.1 Å². The summed E-state index contributed by atoms with van der Waals surface area (Å²) in [7, 11) is 0. The number of anilines is 4. The smallest absolute Gasteiger partial charge is 0.266 e. The lowest BCUT2D eigenvalue weighted by atomic mass is 9.86. The number of unbranched alkanes of at least 4 members (excludes halogenated alkanes) is 2. The summed E-state index contributed by atoms with van der Waals surface area (Å²) in [4.78, 5) is 92.1. The van der Waals surface area contributed by atoms with E-state index in [1.807, 2.05) is 42.5 Å². The number of hydrogen-bond donors (Lipinski definition) is 9. The molecule has 10 heterocycles. The van der Waals surface area contributed by atoms with Crippen LogP contribution in [-0.2, 0) is 37.7 Å². The molecular formula is C94H127N23O7. The van der Waals surface area contributed by atoms with Gasteiger partial charge in [0.2, 0.25) is 23.8 Å². The zero-order valence-electron chi connectivity index (χ0n) is 75.2. The lowest BCUT2D eigenvalue weighted by Gasteiger charge is -2.33. The van der Waals surface area contributed by atoms with Crippen molar-refractivity contribution in [3.8, 4) is 45.6 Å². The zero-order chi connectivity index (χ0) is 88.5. The maximum Gasteiger partial charge on any atom is 0.266 e. The molecule has 9 N–H and O–H groups in total. The molecule has 8 aromatic heterocycles. The Balaban J connectivity index is 0.000000151. The van der Waals surface area contributed by atoms with Gasteiger partial charge in [-0.05, 0) is 109 Å². The number of morpholine rings is 2. The molecule has 660 valence electrons. The highest BCUT2D eigenvalue weighted by Crippen LogP contribution is 2.31. The van der Waals surface area contributed by atoms with Crippen LogP contribution in [0.3, 0.4) is 0 Å². The third kappa shape index (κ3) is 25.6. The minimum atomic E-state index is -0.783. The molecule has 30 heteroatoms. The Hall–Kier alpha value is -11.5. The van der Waals surface area contributed by atoms with Crippen LogP contribution >= 0.6 is 0 Å². The van der Waals surface area contributed by atoms with E-state index in [-0.39, 0.29) is 50.0 Å². The Morgan fingerprint density at radius 2 is 0.750 bits per heavy atom. The lowest BCUT2D eigenvalue weighted by Crippen LogP contribution is -2.45. The van der Waals surface area contributed by atoms with Crippen LogP contribution in [0.5, 0.6) is 0 Å². The number of aromatic amines is 4. The first-order chi connectivity index (χ1) is 59.1. The van der Waals surface area contributed by atoms with Gasteiger partial charge in [0.1, 0.15) is 0 Å². The fourth-order valence-electron chi connectivity index (χ4n) is 14.4. The van der Waals surface area contributed by atoms with Crippen LogP contribution in [0.15, 0.2) is 171 Å². The van der Waals surface area contributed by atoms with E-state index >= 15 is 0 Å². The lowest BCUT2D eigenvalue weighted by molar-refractivity contribution is -0.0241. The van der Waals surface area contributed by atoms with E-state index in [9.17, 15) is 24.3 Å². The highest BCUT2D eigenvalue weighted by atomic mass is 16.5. The molecule has 0 radical (unpaired) electrons. The van der Waals surface area contributed by atoms with Crippen molar-refractivity contribution in [3.63, 3.8) is 0 Å². The van der Waals surface area contributed by atoms with Gasteiger partial charge in [-0.2, -0.15) is 19.9 Å². The van der Waals surface area contributed by atoms with E-state index in [4.69, 9.17) is 19.4 Å². The minimum absolute atomic E-state index is 0.00859. The number of H-pyrrole nitrogens is 4. The Bertz CT molecular complexity index is 5840. The molecule has 0 aliphatic carbocycles. The maximum absolute atomic E-state index is 12.1. The maximum atomic E-state index is 12.1. The number of nitrogens with zero attached hydrogens (tertiary/aromatic N) is 15. The van der Waals surface area contributed by atoms with Crippen LogP contribution in [0, 0.1) is 0 Å². The third-order valence-electron chi connectivity index (χ3n) is 21.8. The van der Waals surface area contributed by atoms with E-state index in [0.717, 1.165) is 107 Å². The summed E-state index contributed by atoms with van der Waals surface area (Å²) >= 11 is 0. The fourth-order valence-corrected chi connectivity index (χ4v) is 14.4. The Morgan fingerprint density at radius 3 is 1.10 bits per heavy atom. The van der Waals surface area contributed by atoms with Crippen molar-refractivity contribution in [1.29, 1.82) is 0 Å². The van der Waals surface area contributed by atoms with E-state index in [1.54, 1.807) is 27.4 Å². The van der Waals surface area contributed by atoms with Crippen LogP contribution < -0.4 is 43.5 Å². The normalized spacial score (nSPS) is 14.4. The van der Waals surface area contributed by atoms with Crippen molar-refractivity contribution in [3.05, 3.63) is 221 Å². The summed E-state index contributed by atoms with van der Waals surface area (Å²) in [5.74, 6) is 4.55.